The summed E-state index contributed by atoms with van der Waals surface area (Å²) in [4.78, 5) is 4.70. The molecule has 0 saturated heterocycles. The number of aliphatic imine (C=N–C) groups is 1. The van der Waals surface area contributed by atoms with Crippen molar-refractivity contribution in [3.63, 3.8) is 0 Å². The molecule has 0 atom stereocenters. The van der Waals surface area contributed by atoms with Crippen LogP contribution in [0.5, 0.6) is 0 Å². The van der Waals surface area contributed by atoms with Gasteiger partial charge in [-0.3, -0.25) is 4.99 Å². The lowest BCUT2D eigenvalue weighted by Crippen LogP contribution is -2.23. The molecule has 0 aromatic heterocycles. The molecule has 1 heterocycles. The summed E-state index contributed by atoms with van der Waals surface area (Å²) >= 11 is 3.76. The lowest BCUT2D eigenvalue weighted by Gasteiger charge is -2.22. The Labute approximate surface area is 110 Å². The smallest absolute Gasteiger partial charge is 0.0688 e. The number of hydrogen-bond acceptors (Lipinski definition) is 1. The minimum absolute atomic E-state index is 0.0260. The lowest BCUT2D eigenvalue weighted by molar-refractivity contribution is 0.730. The normalized spacial score (nSPS) is 17.1. The van der Waals surface area contributed by atoms with Crippen LogP contribution in [0.15, 0.2) is 39.8 Å². The van der Waals surface area contributed by atoms with Crippen molar-refractivity contribution >= 4 is 38.1 Å². The number of halogens is 1. The molecule has 2 aromatic rings. The van der Waals surface area contributed by atoms with Crippen LogP contribution in [0.2, 0.25) is 0 Å². The van der Waals surface area contributed by atoms with Gasteiger partial charge in [0.05, 0.1) is 5.69 Å². The summed E-state index contributed by atoms with van der Waals surface area (Å²) in [6, 6.07) is 10.6. The zero-order valence-electron chi connectivity index (χ0n) is 10.2. The molecule has 17 heavy (non-hydrogen) atoms. The number of hydrogen-bond donors (Lipinski definition) is 0. The van der Waals surface area contributed by atoms with Gasteiger partial charge in [-0.1, -0.05) is 38.1 Å². The topological polar surface area (TPSA) is 12.4 Å². The molecule has 0 fully saturated rings. The molecule has 86 valence electrons. The zero-order chi connectivity index (χ0) is 12.2. The standard InChI is InChI=1S/C15H14BrN/c1-9-15(2,3)13-12(17-9)8-10-6-4-5-7-11(10)14(13)16/h4-8H,1-3H3. The van der Waals surface area contributed by atoms with E-state index in [1.807, 2.05) is 0 Å². The van der Waals surface area contributed by atoms with E-state index in [-0.39, 0.29) is 5.41 Å². The summed E-state index contributed by atoms with van der Waals surface area (Å²) in [6.07, 6.45) is 0. The molecule has 0 bridgehead atoms. The average Bonchev–Trinajstić information content (AvgIpc) is 2.50. The number of nitrogens with zero attached hydrogens (tertiary/aromatic N) is 1. The quantitative estimate of drug-likeness (QED) is 0.648. The second-order valence-corrected chi connectivity index (χ2v) is 5.92. The van der Waals surface area contributed by atoms with Crippen LogP contribution in [-0.4, -0.2) is 5.71 Å². The molecule has 2 heteroatoms. The Kier molecular flexibility index (Phi) is 2.21. The fourth-order valence-electron chi connectivity index (χ4n) is 2.47. The van der Waals surface area contributed by atoms with Crippen LogP contribution in [0.4, 0.5) is 5.69 Å². The first-order chi connectivity index (χ1) is 8.01. The van der Waals surface area contributed by atoms with Gasteiger partial charge in [0, 0.05) is 21.2 Å². The van der Waals surface area contributed by atoms with Crippen molar-refractivity contribution in [2.24, 2.45) is 4.99 Å². The van der Waals surface area contributed by atoms with Crippen LogP contribution in [0.3, 0.4) is 0 Å². The first-order valence-electron chi connectivity index (χ1n) is 5.79. The Hall–Kier alpha value is -1.15. The number of benzene rings is 2. The molecule has 2 aromatic carbocycles. The van der Waals surface area contributed by atoms with Crippen molar-refractivity contribution in [1.29, 1.82) is 0 Å². The third-order valence-corrected chi connectivity index (χ3v) is 4.61. The third kappa shape index (κ3) is 1.40. The fourth-order valence-corrected chi connectivity index (χ4v) is 3.53. The van der Waals surface area contributed by atoms with E-state index in [1.165, 1.54) is 26.5 Å². The molecule has 3 rings (SSSR count). The van der Waals surface area contributed by atoms with E-state index in [0.717, 1.165) is 5.69 Å². The van der Waals surface area contributed by atoms with Gasteiger partial charge >= 0.3 is 0 Å². The van der Waals surface area contributed by atoms with Gasteiger partial charge < -0.3 is 0 Å². The molecule has 0 radical (unpaired) electrons. The Bertz CT molecular complexity index is 653. The second kappa shape index (κ2) is 3.42. The summed E-state index contributed by atoms with van der Waals surface area (Å²) in [6.45, 7) is 6.57. The first-order valence-corrected chi connectivity index (χ1v) is 6.58. The number of rotatable bonds is 0. The SMILES string of the molecule is CC1=Nc2cc3ccccc3c(Br)c2C1(C)C. The zero-order valence-corrected chi connectivity index (χ0v) is 11.8. The van der Waals surface area contributed by atoms with Gasteiger partial charge in [0.25, 0.3) is 0 Å². The predicted molar refractivity (Wildman–Crippen MR) is 77.4 cm³/mol. The van der Waals surface area contributed by atoms with Gasteiger partial charge in [0.15, 0.2) is 0 Å². The van der Waals surface area contributed by atoms with Gasteiger partial charge in [0.1, 0.15) is 0 Å². The highest BCUT2D eigenvalue weighted by molar-refractivity contribution is 9.10. The Balaban J connectivity index is 2.45. The van der Waals surface area contributed by atoms with Gasteiger partial charge in [-0.2, -0.15) is 0 Å². The van der Waals surface area contributed by atoms with E-state index in [1.54, 1.807) is 0 Å². The molecule has 0 saturated carbocycles. The highest BCUT2D eigenvalue weighted by atomic mass is 79.9. The Morgan fingerprint density at radius 1 is 1.18 bits per heavy atom. The predicted octanol–water partition coefficient (Wildman–Crippen LogP) is 4.99. The first kappa shape index (κ1) is 11.0. The largest absolute Gasteiger partial charge is 0.257 e. The van der Waals surface area contributed by atoms with Crippen molar-refractivity contribution in [3.05, 3.63) is 40.4 Å². The summed E-state index contributed by atoms with van der Waals surface area (Å²) in [5.41, 5.74) is 3.63. The van der Waals surface area contributed by atoms with Crippen LogP contribution < -0.4 is 0 Å². The molecule has 1 aliphatic heterocycles. The van der Waals surface area contributed by atoms with Crippen LogP contribution >= 0.6 is 15.9 Å². The summed E-state index contributed by atoms with van der Waals surface area (Å²) < 4.78 is 1.19. The molecule has 0 unspecified atom stereocenters. The Morgan fingerprint density at radius 3 is 2.65 bits per heavy atom. The van der Waals surface area contributed by atoms with Crippen LogP contribution in [0, 0.1) is 0 Å². The van der Waals surface area contributed by atoms with Crippen LogP contribution in [-0.2, 0) is 5.41 Å². The average molecular weight is 288 g/mol. The minimum Gasteiger partial charge on any atom is -0.257 e. The van der Waals surface area contributed by atoms with Crippen molar-refractivity contribution in [1.82, 2.24) is 0 Å². The molecule has 0 amide bonds. The van der Waals surface area contributed by atoms with Gasteiger partial charge in [-0.05, 0) is 39.7 Å². The van der Waals surface area contributed by atoms with Crippen LogP contribution in [0.25, 0.3) is 10.8 Å². The minimum atomic E-state index is 0.0260. The Morgan fingerprint density at radius 2 is 1.88 bits per heavy atom. The van der Waals surface area contributed by atoms with E-state index in [0.29, 0.717) is 0 Å². The second-order valence-electron chi connectivity index (χ2n) is 5.13. The molecule has 1 nitrogen and oxygen atoms in total. The monoisotopic (exact) mass is 287 g/mol. The maximum absolute atomic E-state index is 4.70. The number of fused-ring (bicyclic) bond motifs is 2. The summed E-state index contributed by atoms with van der Waals surface area (Å²) in [7, 11) is 0. The highest BCUT2D eigenvalue weighted by Gasteiger charge is 2.34. The third-order valence-electron chi connectivity index (χ3n) is 3.78. The molecule has 0 N–H and O–H groups in total. The van der Waals surface area contributed by atoms with Crippen molar-refractivity contribution in [2.45, 2.75) is 26.2 Å². The maximum atomic E-state index is 4.70. The van der Waals surface area contributed by atoms with Crippen molar-refractivity contribution < 1.29 is 0 Å². The van der Waals surface area contributed by atoms with E-state index < -0.39 is 0 Å². The van der Waals surface area contributed by atoms with E-state index in [4.69, 9.17) is 4.99 Å². The van der Waals surface area contributed by atoms with E-state index >= 15 is 0 Å². The molecule has 0 spiro atoms. The lowest BCUT2D eigenvalue weighted by atomic mass is 9.81. The highest BCUT2D eigenvalue weighted by Crippen LogP contribution is 2.47. The molecule has 0 aliphatic carbocycles. The molecular weight excluding hydrogens is 274 g/mol. The van der Waals surface area contributed by atoms with Crippen molar-refractivity contribution in [3.8, 4) is 0 Å². The molecule has 1 aliphatic rings. The van der Waals surface area contributed by atoms with Gasteiger partial charge in [-0.15, -0.1) is 0 Å². The fraction of sp³-hybridized carbons (Fsp3) is 0.267. The van der Waals surface area contributed by atoms with E-state index in [9.17, 15) is 0 Å². The van der Waals surface area contributed by atoms with Gasteiger partial charge in [-0.25, -0.2) is 0 Å². The van der Waals surface area contributed by atoms with E-state index in [2.05, 4.69) is 67.0 Å². The summed E-state index contributed by atoms with van der Waals surface area (Å²) in [5, 5.41) is 2.51. The molecular formula is C15H14BrN. The summed E-state index contributed by atoms with van der Waals surface area (Å²) in [5.74, 6) is 0. The van der Waals surface area contributed by atoms with Gasteiger partial charge in [0.2, 0.25) is 0 Å². The maximum Gasteiger partial charge on any atom is 0.0688 e. The van der Waals surface area contributed by atoms with Crippen LogP contribution in [0.1, 0.15) is 26.3 Å². The van der Waals surface area contributed by atoms with Crippen molar-refractivity contribution in [2.75, 3.05) is 0 Å².